The third-order valence-corrected chi connectivity index (χ3v) is 7.49. The van der Waals surface area contributed by atoms with Crippen LogP contribution >= 0.6 is 0 Å². The maximum atomic E-state index is 12.7. The van der Waals surface area contributed by atoms with E-state index in [4.69, 9.17) is 0 Å². The second kappa shape index (κ2) is 8.44. The molecule has 2 aliphatic heterocycles. The number of sulfonamides is 1. The van der Waals surface area contributed by atoms with Gasteiger partial charge in [-0.1, -0.05) is 12.8 Å². The van der Waals surface area contributed by atoms with E-state index in [2.05, 4.69) is 4.72 Å². The molecule has 0 spiro atoms. The number of nitrogens with zero attached hydrogens (tertiary/aromatic N) is 2. The summed E-state index contributed by atoms with van der Waals surface area (Å²) in [5.41, 5.74) is 1.64. The molecule has 7 nitrogen and oxygen atoms in total. The number of rotatable bonds is 6. The van der Waals surface area contributed by atoms with Crippen LogP contribution in [-0.2, 0) is 26.0 Å². The van der Waals surface area contributed by atoms with Crippen molar-refractivity contribution < 1.29 is 18.0 Å². The highest BCUT2D eigenvalue weighted by Crippen LogP contribution is 2.31. The average molecular weight is 420 g/mol. The van der Waals surface area contributed by atoms with Gasteiger partial charge in [0.25, 0.3) is 0 Å². The van der Waals surface area contributed by atoms with Gasteiger partial charge in [-0.25, -0.2) is 13.1 Å². The van der Waals surface area contributed by atoms with Crippen molar-refractivity contribution >= 4 is 27.5 Å². The first-order valence-corrected chi connectivity index (χ1v) is 12.2. The fraction of sp³-hybridized carbons (Fsp3) is 0.619. The number of likely N-dealkylation sites (tertiary alicyclic amines) is 1. The zero-order valence-corrected chi connectivity index (χ0v) is 17.5. The molecule has 8 heteroatoms. The first kappa shape index (κ1) is 20.3. The quantitative estimate of drug-likeness (QED) is 0.766. The van der Waals surface area contributed by atoms with E-state index in [1.165, 1.54) is 12.8 Å². The number of nitrogens with one attached hydrogen (secondary N) is 1. The molecule has 0 bridgehead atoms. The number of hydrogen-bond acceptors (Lipinski definition) is 4. The Labute approximate surface area is 172 Å². The number of hydrogen-bond donors (Lipinski definition) is 1. The van der Waals surface area contributed by atoms with Crippen LogP contribution in [0.25, 0.3) is 0 Å². The van der Waals surface area contributed by atoms with Gasteiger partial charge in [0.15, 0.2) is 0 Å². The lowest BCUT2D eigenvalue weighted by Crippen LogP contribution is -2.34. The van der Waals surface area contributed by atoms with Crippen molar-refractivity contribution in [3.63, 3.8) is 0 Å². The number of benzene rings is 1. The summed E-state index contributed by atoms with van der Waals surface area (Å²) in [6, 6.07) is 5.03. The smallest absolute Gasteiger partial charge is 0.240 e. The van der Waals surface area contributed by atoms with Crippen molar-refractivity contribution in [3.05, 3.63) is 23.8 Å². The van der Waals surface area contributed by atoms with Crippen molar-refractivity contribution in [2.45, 2.75) is 68.7 Å². The molecule has 1 aromatic rings. The predicted octanol–water partition coefficient (Wildman–Crippen LogP) is 2.20. The van der Waals surface area contributed by atoms with E-state index in [0.29, 0.717) is 13.0 Å². The van der Waals surface area contributed by atoms with Crippen LogP contribution in [0.15, 0.2) is 23.1 Å². The number of fused-ring (bicyclic) bond motifs is 1. The molecule has 4 rings (SSSR count). The summed E-state index contributed by atoms with van der Waals surface area (Å²) in [5.74, 6) is -0.00843. The second-order valence-corrected chi connectivity index (χ2v) is 9.99. The maximum absolute atomic E-state index is 12.7. The van der Waals surface area contributed by atoms with Gasteiger partial charge in [0.1, 0.15) is 0 Å². The summed E-state index contributed by atoms with van der Waals surface area (Å²) < 4.78 is 27.5. The molecule has 0 atom stereocenters. The van der Waals surface area contributed by atoms with Crippen LogP contribution in [0, 0.1) is 0 Å². The highest BCUT2D eigenvalue weighted by Gasteiger charge is 2.30. The minimum absolute atomic E-state index is 0.0623. The molecule has 3 aliphatic rings. The molecule has 1 aromatic carbocycles. The topological polar surface area (TPSA) is 86.8 Å². The van der Waals surface area contributed by atoms with Crippen molar-refractivity contribution in [2.24, 2.45) is 0 Å². The van der Waals surface area contributed by atoms with E-state index in [1.807, 2.05) is 4.90 Å². The van der Waals surface area contributed by atoms with Crippen molar-refractivity contribution in [3.8, 4) is 0 Å². The van der Waals surface area contributed by atoms with Gasteiger partial charge in [-0.2, -0.15) is 0 Å². The highest BCUT2D eigenvalue weighted by molar-refractivity contribution is 7.89. The molecule has 0 unspecified atom stereocenters. The Morgan fingerprint density at radius 2 is 1.66 bits per heavy atom. The number of anilines is 1. The van der Waals surface area contributed by atoms with Gasteiger partial charge in [-0.3, -0.25) is 9.59 Å². The average Bonchev–Trinajstić information content (AvgIpc) is 3.46. The zero-order chi connectivity index (χ0) is 20.4. The molecule has 0 aromatic heterocycles. The summed E-state index contributed by atoms with van der Waals surface area (Å²) in [4.78, 5) is 29.0. The molecular formula is C21H29N3O4S. The summed E-state index contributed by atoms with van der Waals surface area (Å²) in [5, 5.41) is 0. The number of amides is 2. The normalized spacial score (nSPS) is 19.7. The van der Waals surface area contributed by atoms with Crippen LogP contribution in [0.4, 0.5) is 5.69 Å². The Morgan fingerprint density at radius 3 is 2.34 bits per heavy atom. The Morgan fingerprint density at radius 1 is 0.966 bits per heavy atom. The van der Waals surface area contributed by atoms with Gasteiger partial charge in [0.05, 0.1) is 4.90 Å². The van der Waals surface area contributed by atoms with Gasteiger partial charge < -0.3 is 9.80 Å². The Bertz CT molecular complexity index is 887. The SMILES string of the molecule is O=C(CCC(=O)N1CCc2cc(S(=O)(=O)NC3CC3)ccc21)N1CCCCCC1. The maximum Gasteiger partial charge on any atom is 0.240 e. The van der Waals surface area contributed by atoms with Crippen LogP contribution in [0.2, 0.25) is 0 Å². The van der Waals surface area contributed by atoms with Crippen LogP contribution in [0.3, 0.4) is 0 Å². The minimum atomic E-state index is -3.50. The molecular weight excluding hydrogens is 390 g/mol. The number of carbonyl (C=O) groups is 2. The van der Waals surface area contributed by atoms with Crippen LogP contribution in [-0.4, -0.2) is 50.8 Å². The van der Waals surface area contributed by atoms with E-state index in [9.17, 15) is 18.0 Å². The summed E-state index contributed by atoms with van der Waals surface area (Å²) in [7, 11) is -3.50. The lowest BCUT2D eigenvalue weighted by atomic mass is 10.2. The van der Waals surface area contributed by atoms with Gasteiger partial charge in [-0.05, 0) is 55.9 Å². The van der Waals surface area contributed by atoms with Crippen LogP contribution in [0.1, 0.15) is 56.9 Å². The van der Waals surface area contributed by atoms with E-state index in [1.54, 1.807) is 23.1 Å². The largest absolute Gasteiger partial charge is 0.343 e. The van der Waals surface area contributed by atoms with E-state index in [-0.39, 0.29) is 35.6 Å². The third kappa shape index (κ3) is 4.80. The molecule has 2 amide bonds. The summed E-state index contributed by atoms with van der Waals surface area (Å²) in [6.45, 7) is 2.13. The van der Waals surface area contributed by atoms with E-state index < -0.39 is 10.0 Å². The van der Waals surface area contributed by atoms with Gasteiger partial charge in [-0.15, -0.1) is 0 Å². The van der Waals surface area contributed by atoms with Crippen molar-refractivity contribution in [1.29, 1.82) is 0 Å². The molecule has 1 aliphatic carbocycles. The summed E-state index contributed by atoms with van der Waals surface area (Å²) >= 11 is 0. The Balaban J connectivity index is 1.37. The van der Waals surface area contributed by atoms with Crippen LogP contribution in [0.5, 0.6) is 0 Å². The highest BCUT2D eigenvalue weighted by atomic mass is 32.2. The fourth-order valence-corrected chi connectivity index (χ4v) is 5.48. The molecule has 158 valence electrons. The molecule has 2 fully saturated rings. The zero-order valence-electron chi connectivity index (χ0n) is 16.7. The van der Waals surface area contributed by atoms with Crippen molar-refractivity contribution in [2.75, 3.05) is 24.5 Å². The second-order valence-electron chi connectivity index (χ2n) is 8.28. The van der Waals surface area contributed by atoms with Gasteiger partial charge >= 0.3 is 0 Å². The molecule has 0 radical (unpaired) electrons. The molecule has 2 heterocycles. The lowest BCUT2D eigenvalue weighted by Gasteiger charge is -2.21. The molecule has 1 saturated heterocycles. The Hall–Kier alpha value is -1.93. The van der Waals surface area contributed by atoms with Crippen LogP contribution < -0.4 is 9.62 Å². The third-order valence-electron chi connectivity index (χ3n) is 5.97. The monoisotopic (exact) mass is 419 g/mol. The van der Waals surface area contributed by atoms with Gasteiger partial charge in [0.2, 0.25) is 21.8 Å². The van der Waals surface area contributed by atoms with E-state index >= 15 is 0 Å². The van der Waals surface area contributed by atoms with Gasteiger partial charge in [0, 0.05) is 44.2 Å². The number of carbonyl (C=O) groups excluding carboxylic acids is 2. The fourth-order valence-electron chi connectivity index (χ4n) is 4.12. The minimum Gasteiger partial charge on any atom is -0.343 e. The standard InChI is InChI=1S/C21H29N3O4S/c25-20(23-12-3-1-2-4-13-23)9-10-21(26)24-14-11-16-15-18(7-8-19(16)24)29(27,28)22-17-5-6-17/h7-8,15,17,22H,1-6,9-14H2. The lowest BCUT2D eigenvalue weighted by molar-refractivity contribution is -0.133. The first-order valence-electron chi connectivity index (χ1n) is 10.7. The molecule has 1 N–H and O–H groups in total. The summed E-state index contributed by atoms with van der Waals surface area (Å²) in [6.07, 6.45) is 7.27. The van der Waals surface area contributed by atoms with Crippen molar-refractivity contribution in [1.82, 2.24) is 9.62 Å². The van der Waals surface area contributed by atoms with E-state index in [0.717, 1.165) is 50.0 Å². The predicted molar refractivity (Wildman–Crippen MR) is 110 cm³/mol. The first-order chi connectivity index (χ1) is 13.9. The Kier molecular flexibility index (Phi) is 5.92. The molecule has 1 saturated carbocycles. The molecule has 29 heavy (non-hydrogen) atoms.